The monoisotopic (exact) mass is 204 g/mol. The number of hydrogen-bond acceptors (Lipinski definition) is 3. The van der Waals surface area contributed by atoms with Crippen LogP contribution in [0.3, 0.4) is 0 Å². The highest BCUT2D eigenvalue weighted by Crippen LogP contribution is 2.37. The van der Waals surface area contributed by atoms with E-state index in [9.17, 15) is 15.3 Å². The first-order valence-corrected chi connectivity index (χ1v) is 4.71. The Bertz CT molecular complexity index is 434. The largest absolute Gasteiger partial charge is 0.508 e. The molecule has 0 radical (unpaired) electrons. The van der Waals surface area contributed by atoms with Crippen molar-refractivity contribution in [2.45, 2.75) is 12.0 Å². The van der Waals surface area contributed by atoms with Crippen molar-refractivity contribution in [1.29, 1.82) is 0 Å². The van der Waals surface area contributed by atoms with Crippen molar-refractivity contribution >= 4 is 0 Å². The van der Waals surface area contributed by atoms with Crippen LogP contribution >= 0.6 is 0 Å². The Balaban J connectivity index is 2.48. The predicted octanol–water partition coefficient (Wildman–Crippen LogP) is 1.80. The summed E-state index contributed by atoms with van der Waals surface area (Å²) in [5, 5.41) is 29.2. The molecule has 1 aliphatic carbocycles. The molecule has 0 spiro atoms. The Hall–Kier alpha value is -1.74. The molecule has 3 nitrogen and oxygen atoms in total. The van der Waals surface area contributed by atoms with Gasteiger partial charge in [0.25, 0.3) is 0 Å². The third-order valence-corrected chi connectivity index (χ3v) is 2.49. The zero-order chi connectivity index (χ0) is 10.9. The maximum absolute atomic E-state index is 10.2. The summed E-state index contributed by atoms with van der Waals surface area (Å²) < 4.78 is 0. The van der Waals surface area contributed by atoms with Crippen LogP contribution in [-0.4, -0.2) is 15.3 Å². The topological polar surface area (TPSA) is 60.7 Å². The van der Waals surface area contributed by atoms with Crippen LogP contribution in [0.1, 0.15) is 12.0 Å². The van der Waals surface area contributed by atoms with Crippen LogP contribution in [0.5, 0.6) is 11.5 Å². The van der Waals surface area contributed by atoms with Gasteiger partial charge in [0, 0.05) is 12.0 Å². The van der Waals surface area contributed by atoms with E-state index in [4.69, 9.17) is 0 Å². The highest BCUT2D eigenvalue weighted by molar-refractivity contribution is 5.45. The summed E-state index contributed by atoms with van der Waals surface area (Å²) in [5.41, 5.74) is -0.902. The van der Waals surface area contributed by atoms with Crippen molar-refractivity contribution in [3.05, 3.63) is 48.1 Å². The van der Waals surface area contributed by atoms with Crippen LogP contribution in [0, 0.1) is 0 Å². The van der Waals surface area contributed by atoms with E-state index in [1.807, 2.05) is 12.2 Å². The zero-order valence-electron chi connectivity index (χ0n) is 8.09. The highest BCUT2D eigenvalue weighted by atomic mass is 16.3. The summed E-state index contributed by atoms with van der Waals surface area (Å²) in [5.74, 6) is 0.00873. The van der Waals surface area contributed by atoms with Crippen molar-refractivity contribution in [3.63, 3.8) is 0 Å². The van der Waals surface area contributed by atoms with Gasteiger partial charge in [0.05, 0.1) is 0 Å². The molecule has 1 aromatic carbocycles. The van der Waals surface area contributed by atoms with Crippen LogP contribution in [0.4, 0.5) is 0 Å². The molecule has 0 fully saturated rings. The Morgan fingerprint density at radius 3 is 2.60 bits per heavy atom. The number of rotatable bonds is 1. The quantitative estimate of drug-likeness (QED) is 0.611. The van der Waals surface area contributed by atoms with Gasteiger partial charge in [-0.25, -0.2) is 0 Å². The molecule has 0 saturated heterocycles. The molecule has 1 unspecified atom stereocenters. The number of aromatic hydroxyl groups is 2. The fourth-order valence-electron chi connectivity index (χ4n) is 1.68. The second kappa shape index (κ2) is 3.44. The molecule has 2 rings (SSSR count). The molecule has 1 atom stereocenters. The van der Waals surface area contributed by atoms with Crippen molar-refractivity contribution in [2.75, 3.05) is 0 Å². The van der Waals surface area contributed by atoms with E-state index in [1.54, 1.807) is 12.2 Å². The van der Waals surface area contributed by atoms with Crippen molar-refractivity contribution in [3.8, 4) is 11.5 Å². The second-order valence-corrected chi connectivity index (χ2v) is 3.62. The molecule has 0 saturated carbocycles. The first-order chi connectivity index (χ1) is 7.12. The summed E-state index contributed by atoms with van der Waals surface area (Å²) in [4.78, 5) is 0. The fourth-order valence-corrected chi connectivity index (χ4v) is 1.68. The number of allylic oxidation sites excluding steroid dienone is 2. The lowest BCUT2D eigenvalue weighted by Gasteiger charge is -2.26. The van der Waals surface area contributed by atoms with Crippen LogP contribution in [0.2, 0.25) is 0 Å². The van der Waals surface area contributed by atoms with E-state index >= 15 is 0 Å². The van der Waals surface area contributed by atoms with Crippen LogP contribution in [0.25, 0.3) is 0 Å². The molecule has 1 aliphatic rings. The van der Waals surface area contributed by atoms with E-state index in [2.05, 4.69) is 0 Å². The SMILES string of the molecule is Oc1ccc(O)c(C2(O)C=CC=CC2)c1. The Kier molecular flexibility index (Phi) is 2.25. The summed E-state index contributed by atoms with van der Waals surface area (Å²) in [6, 6.07) is 4.12. The molecule has 15 heavy (non-hydrogen) atoms. The summed E-state index contributed by atoms with van der Waals surface area (Å²) >= 11 is 0. The lowest BCUT2D eigenvalue weighted by atomic mass is 9.87. The lowest BCUT2D eigenvalue weighted by Crippen LogP contribution is -2.23. The summed E-state index contributed by atoms with van der Waals surface area (Å²) in [7, 11) is 0. The van der Waals surface area contributed by atoms with Gasteiger partial charge in [0.2, 0.25) is 0 Å². The smallest absolute Gasteiger partial charge is 0.122 e. The van der Waals surface area contributed by atoms with Gasteiger partial charge in [-0.15, -0.1) is 0 Å². The maximum Gasteiger partial charge on any atom is 0.122 e. The number of phenols is 2. The standard InChI is InChI=1S/C12H12O3/c13-9-4-5-11(14)10(8-9)12(15)6-2-1-3-7-12/h1-6,8,13-15H,7H2. The van der Waals surface area contributed by atoms with Gasteiger partial charge in [-0.1, -0.05) is 18.2 Å². The van der Waals surface area contributed by atoms with Gasteiger partial charge in [0.15, 0.2) is 0 Å². The van der Waals surface area contributed by atoms with Gasteiger partial charge in [-0.3, -0.25) is 0 Å². The molecule has 3 N–H and O–H groups in total. The normalized spacial score (nSPS) is 24.3. The van der Waals surface area contributed by atoms with Crippen LogP contribution in [0.15, 0.2) is 42.5 Å². The van der Waals surface area contributed by atoms with E-state index in [1.165, 1.54) is 18.2 Å². The van der Waals surface area contributed by atoms with Crippen molar-refractivity contribution in [1.82, 2.24) is 0 Å². The van der Waals surface area contributed by atoms with Gasteiger partial charge >= 0.3 is 0 Å². The minimum atomic E-state index is -1.22. The minimum absolute atomic E-state index is 0.0183. The van der Waals surface area contributed by atoms with E-state index in [0.717, 1.165) is 0 Å². The second-order valence-electron chi connectivity index (χ2n) is 3.62. The fraction of sp³-hybridized carbons (Fsp3) is 0.167. The van der Waals surface area contributed by atoms with E-state index < -0.39 is 5.60 Å². The molecule has 0 heterocycles. The van der Waals surface area contributed by atoms with Crippen molar-refractivity contribution in [2.24, 2.45) is 0 Å². The number of aliphatic hydroxyl groups is 1. The van der Waals surface area contributed by atoms with Gasteiger partial charge in [-0.2, -0.15) is 0 Å². The third-order valence-electron chi connectivity index (χ3n) is 2.49. The predicted molar refractivity (Wildman–Crippen MR) is 56.6 cm³/mol. The molecule has 0 amide bonds. The van der Waals surface area contributed by atoms with Gasteiger partial charge < -0.3 is 15.3 Å². The van der Waals surface area contributed by atoms with E-state index in [0.29, 0.717) is 12.0 Å². The van der Waals surface area contributed by atoms with Gasteiger partial charge in [0.1, 0.15) is 17.1 Å². The van der Waals surface area contributed by atoms with E-state index in [-0.39, 0.29) is 11.5 Å². The number of benzene rings is 1. The summed E-state index contributed by atoms with van der Waals surface area (Å²) in [6.45, 7) is 0. The Morgan fingerprint density at radius 1 is 1.13 bits per heavy atom. The van der Waals surface area contributed by atoms with Crippen molar-refractivity contribution < 1.29 is 15.3 Å². The molecule has 1 aromatic rings. The maximum atomic E-state index is 10.2. The average molecular weight is 204 g/mol. The molecular formula is C12H12O3. The zero-order valence-corrected chi connectivity index (χ0v) is 8.09. The van der Waals surface area contributed by atoms with Crippen LogP contribution in [-0.2, 0) is 5.60 Å². The molecule has 0 aliphatic heterocycles. The minimum Gasteiger partial charge on any atom is -0.508 e. The first-order valence-electron chi connectivity index (χ1n) is 4.71. The average Bonchev–Trinajstić information content (AvgIpc) is 2.23. The van der Waals surface area contributed by atoms with Crippen LogP contribution < -0.4 is 0 Å². The van der Waals surface area contributed by atoms with Gasteiger partial charge in [-0.05, 0) is 24.3 Å². The molecule has 78 valence electrons. The molecule has 3 heteroatoms. The Morgan fingerprint density at radius 2 is 1.93 bits per heavy atom. The Labute approximate surface area is 87.6 Å². The molecule has 0 aromatic heterocycles. The third kappa shape index (κ3) is 1.74. The lowest BCUT2D eigenvalue weighted by molar-refractivity contribution is 0.0884. The highest BCUT2D eigenvalue weighted by Gasteiger charge is 2.29. The molecule has 0 bridgehead atoms. The first kappa shape index (κ1) is 9.80. The molecular weight excluding hydrogens is 192 g/mol. The summed E-state index contributed by atoms with van der Waals surface area (Å²) in [6.07, 6.45) is 7.34. The number of hydrogen-bond donors (Lipinski definition) is 3. The number of phenolic OH excluding ortho intramolecular Hbond substituents is 2.